The van der Waals surface area contributed by atoms with Gasteiger partial charge in [-0.3, -0.25) is 4.79 Å². The minimum absolute atomic E-state index is 0.0262. The third kappa shape index (κ3) is 3.30. The third-order valence-corrected chi connectivity index (χ3v) is 10.6. The molecule has 0 bridgehead atoms. The number of ether oxygens (including phenoxy) is 1. The summed E-state index contributed by atoms with van der Waals surface area (Å²) in [4.78, 5) is 26.7. The lowest BCUT2D eigenvalue weighted by molar-refractivity contribution is -0.182. The fourth-order valence-corrected chi connectivity index (χ4v) is 9.91. The molecule has 1 aromatic heterocycles. The number of esters is 1. The Balaban J connectivity index is 1.64. The minimum atomic E-state index is -1.44. The van der Waals surface area contributed by atoms with Gasteiger partial charge in [-0.25, -0.2) is 9.18 Å². The summed E-state index contributed by atoms with van der Waals surface area (Å²) in [5.74, 6) is -0.809. The molecule has 1 aromatic rings. The van der Waals surface area contributed by atoms with Gasteiger partial charge in [0.05, 0.1) is 12.4 Å². The van der Waals surface area contributed by atoms with Crippen LogP contribution in [-0.4, -0.2) is 34.1 Å². The second-order valence-corrected chi connectivity index (χ2v) is 12.9. The summed E-state index contributed by atoms with van der Waals surface area (Å²) < 4.78 is 27.4. The Bertz CT molecular complexity index is 1120. The lowest BCUT2D eigenvalue weighted by Gasteiger charge is -2.64. The van der Waals surface area contributed by atoms with Crippen LogP contribution < -0.4 is 0 Å². The maximum absolute atomic E-state index is 15.9. The van der Waals surface area contributed by atoms with Crippen LogP contribution in [-0.2, 0) is 9.53 Å². The normalized spacial score (nSPS) is 44.7. The van der Waals surface area contributed by atoms with Gasteiger partial charge in [-0.05, 0) is 72.6 Å². The topological polar surface area (TPSA) is 76.7 Å². The van der Waals surface area contributed by atoms with Gasteiger partial charge in [0.25, 0.3) is 0 Å². The van der Waals surface area contributed by atoms with E-state index < -0.39 is 39.8 Å². The fourth-order valence-electron chi connectivity index (χ4n) is 9.42. The van der Waals surface area contributed by atoms with E-state index in [1.165, 1.54) is 12.3 Å². The van der Waals surface area contributed by atoms with Gasteiger partial charge in [-0.2, -0.15) is 0 Å². The first-order valence-electron chi connectivity index (χ1n) is 13.1. The van der Waals surface area contributed by atoms with Crippen LogP contribution in [0.3, 0.4) is 0 Å². The molecule has 5 nitrogen and oxygen atoms in total. The van der Waals surface area contributed by atoms with Crippen molar-refractivity contribution in [2.45, 2.75) is 78.2 Å². The zero-order valence-corrected chi connectivity index (χ0v) is 22.6. The molecule has 0 aromatic carbocycles. The highest BCUT2D eigenvalue weighted by atomic mass is 32.1. The number of alkyl halides is 1. The largest absolute Gasteiger partial charge is 0.457 e. The van der Waals surface area contributed by atoms with Crippen LogP contribution in [0, 0.1) is 39.9 Å². The number of aliphatic hydroxyl groups is 1. The van der Waals surface area contributed by atoms with E-state index >= 15 is 4.39 Å². The summed E-state index contributed by atoms with van der Waals surface area (Å²) in [5, 5.41) is 9.77. The van der Waals surface area contributed by atoms with Gasteiger partial charge in [0.2, 0.25) is 10.9 Å². The summed E-state index contributed by atoms with van der Waals surface area (Å²) >= 11 is 4.36. The van der Waals surface area contributed by atoms with Crippen molar-refractivity contribution < 1.29 is 28.2 Å². The zero-order valence-electron chi connectivity index (χ0n) is 21.7. The first-order chi connectivity index (χ1) is 16.8. The van der Waals surface area contributed by atoms with E-state index in [-0.39, 0.29) is 34.8 Å². The number of furan rings is 1. The first kappa shape index (κ1) is 25.8. The number of hydrogen-bond acceptors (Lipinski definition) is 5. The number of allylic oxidation sites excluding steroid dienone is 2. The Morgan fingerprint density at radius 3 is 2.58 bits per heavy atom. The summed E-state index contributed by atoms with van der Waals surface area (Å²) in [6.07, 6.45) is 7.14. The lowest BCUT2D eigenvalue weighted by Crippen LogP contribution is -2.64. The molecule has 4 aliphatic carbocycles. The van der Waals surface area contributed by atoms with Crippen LogP contribution in [0.25, 0.3) is 0 Å². The standard InChI is InChI=1S/C29H37FO5S/c1-6-16-12-19-18-14-21(30)20-13-17(31)9-10-27(20,4)23(18)26(2,3)15-28(19,5)29(16,25(33)36)35-24(32)22-8-7-11-34-22/h7-11,13,16-19,21,23,31H,6,12,14-15H2,1-5H3,(H,33,36). The van der Waals surface area contributed by atoms with E-state index in [0.29, 0.717) is 31.3 Å². The molecule has 3 saturated carbocycles. The number of hydrogen-bond donors (Lipinski definition) is 2. The molecule has 0 spiro atoms. The van der Waals surface area contributed by atoms with Crippen molar-refractivity contribution in [2.24, 2.45) is 39.9 Å². The Kier molecular flexibility index (Phi) is 5.96. The molecular formula is C29H37FO5S. The lowest BCUT2D eigenvalue weighted by atomic mass is 9.40. The molecule has 0 aliphatic heterocycles. The molecule has 1 heterocycles. The highest BCUT2D eigenvalue weighted by Crippen LogP contribution is 2.74. The number of fused-ring (bicyclic) bond motifs is 5. The maximum Gasteiger partial charge on any atom is 0.375 e. The van der Waals surface area contributed by atoms with Crippen LogP contribution in [0.1, 0.15) is 70.9 Å². The van der Waals surface area contributed by atoms with E-state index in [2.05, 4.69) is 40.3 Å². The van der Waals surface area contributed by atoms with Crippen molar-refractivity contribution >= 4 is 23.7 Å². The Hall–Kier alpha value is -1.86. The van der Waals surface area contributed by atoms with Gasteiger partial charge in [-0.1, -0.05) is 46.8 Å². The molecule has 0 saturated heterocycles. The van der Waals surface area contributed by atoms with Crippen molar-refractivity contribution in [1.29, 1.82) is 0 Å². The summed E-state index contributed by atoms with van der Waals surface area (Å²) in [7, 11) is 0. The van der Waals surface area contributed by atoms with Gasteiger partial charge in [0.1, 0.15) is 6.17 Å². The summed E-state index contributed by atoms with van der Waals surface area (Å²) in [6, 6.07) is 3.14. The molecule has 0 amide bonds. The summed E-state index contributed by atoms with van der Waals surface area (Å²) in [6.45, 7) is 10.5. The molecule has 1 N–H and O–H groups in total. The van der Waals surface area contributed by atoms with Crippen molar-refractivity contribution in [3.05, 3.63) is 48.0 Å². The van der Waals surface area contributed by atoms with Gasteiger partial charge in [0.15, 0.2) is 5.60 Å². The van der Waals surface area contributed by atoms with E-state index in [1.54, 1.807) is 18.2 Å². The predicted molar refractivity (Wildman–Crippen MR) is 137 cm³/mol. The number of carbonyl (C=O) groups excluding carboxylic acids is 2. The van der Waals surface area contributed by atoms with Gasteiger partial charge in [0, 0.05) is 16.7 Å². The Labute approximate surface area is 217 Å². The monoisotopic (exact) mass is 516 g/mol. The molecule has 5 rings (SSSR count). The smallest absolute Gasteiger partial charge is 0.375 e. The average molecular weight is 517 g/mol. The number of aliphatic hydroxyl groups excluding tert-OH is 1. The highest BCUT2D eigenvalue weighted by Gasteiger charge is 2.75. The second kappa shape index (κ2) is 8.32. The molecule has 7 heteroatoms. The zero-order chi connectivity index (χ0) is 26.3. The average Bonchev–Trinajstić information content (AvgIpc) is 3.40. The predicted octanol–water partition coefficient (Wildman–Crippen LogP) is 5.95. The summed E-state index contributed by atoms with van der Waals surface area (Å²) in [5.41, 5.74) is -2.35. The minimum Gasteiger partial charge on any atom is -0.457 e. The van der Waals surface area contributed by atoms with Crippen LogP contribution in [0.15, 0.2) is 46.6 Å². The van der Waals surface area contributed by atoms with Gasteiger partial charge in [-0.15, -0.1) is 12.6 Å². The van der Waals surface area contributed by atoms with Crippen molar-refractivity contribution in [3.63, 3.8) is 0 Å². The van der Waals surface area contributed by atoms with Crippen molar-refractivity contribution in [3.8, 4) is 0 Å². The Morgan fingerprint density at radius 2 is 1.97 bits per heavy atom. The first-order valence-corrected chi connectivity index (χ1v) is 13.5. The second-order valence-electron chi connectivity index (χ2n) is 12.5. The van der Waals surface area contributed by atoms with Crippen molar-refractivity contribution in [2.75, 3.05) is 0 Å². The number of carbonyl (C=O) groups is 2. The quantitative estimate of drug-likeness (QED) is 0.294. The SMILES string of the molecule is CCC1CC2C3CC(F)C4=CC(O)C=CC4(C)C3C(C)(C)CC2(C)C1(OC(=O)c1ccco1)C(=O)S. The molecule has 36 heavy (non-hydrogen) atoms. The molecule has 9 atom stereocenters. The van der Waals surface area contributed by atoms with Crippen LogP contribution in [0.2, 0.25) is 0 Å². The van der Waals surface area contributed by atoms with Crippen molar-refractivity contribution in [1.82, 2.24) is 0 Å². The van der Waals surface area contributed by atoms with E-state index in [0.717, 1.165) is 0 Å². The molecule has 0 radical (unpaired) electrons. The van der Waals surface area contributed by atoms with Gasteiger partial charge >= 0.3 is 5.97 Å². The number of halogens is 1. The van der Waals surface area contributed by atoms with E-state index in [1.807, 2.05) is 13.0 Å². The van der Waals surface area contributed by atoms with Crippen LogP contribution in [0.5, 0.6) is 0 Å². The molecule has 3 fully saturated rings. The third-order valence-electron chi connectivity index (χ3n) is 10.3. The van der Waals surface area contributed by atoms with E-state index in [4.69, 9.17) is 9.15 Å². The van der Waals surface area contributed by atoms with Gasteiger partial charge < -0.3 is 14.3 Å². The highest BCUT2D eigenvalue weighted by molar-refractivity contribution is 7.96. The molecule has 9 unspecified atom stereocenters. The molecular weight excluding hydrogens is 479 g/mol. The maximum atomic E-state index is 15.9. The van der Waals surface area contributed by atoms with Crippen LogP contribution >= 0.6 is 12.6 Å². The fraction of sp³-hybridized carbons (Fsp3) is 0.655. The Morgan fingerprint density at radius 1 is 1.25 bits per heavy atom. The van der Waals surface area contributed by atoms with Crippen LogP contribution in [0.4, 0.5) is 4.39 Å². The molecule has 4 aliphatic rings. The van der Waals surface area contributed by atoms with E-state index in [9.17, 15) is 14.7 Å². The number of thiol groups is 1. The number of rotatable bonds is 4. The molecule has 196 valence electrons.